The Morgan fingerprint density at radius 1 is 0.600 bits per heavy atom. The van der Waals surface area contributed by atoms with E-state index in [1.165, 1.54) is 98.7 Å². The van der Waals surface area contributed by atoms with Gasteiger partial charge in [0.1, 0.15) is 0 Å². The number of hydrogen-bond acceptors (Lipinski definition) is 0. The second kappa shape index (κ2) is 14.6. The van der Waals surface area contributed by atoms with E-state index in [0.717, 1.165) is 12.0 Å². The van der Waals surface area contributed by atoms with Crippen LogP contribution in [-0.4, -0.2) is 0 Å². The normalized spacial score (nSPS) is 14.1. The summed E-state index contributed by atoms with van der Waals surface area (Å²) in [6, 6.07) is 53.4. The lowest BCUT2D eigenvalue weighted by atomic mass is 9.80. The van der Waals surface area contributed by atoms with Crippen LogP contribution in [0.5, 0.6) is 0 Å². The highest BCUT2D eigenvalue weighted by atomic mass is 14.2. The smallest absolute Gasteiger partial charge is 0.00234 e. The zero-order valence-electron chi connectivity index (χ0n) is 31.4. The van der Waals surface area contributed by atoms with Crippen LogP contribution in [-0.2, 0) is 0 Å². The Morgan fingerprint density at radius 3 is 2.15 bits per heavy atom. The van der Waals surface area contributed by atoms with E-state index in [1.54, 1.807) is 0 Å². The maximum Gasteiger partial charge on any atom is -0.00234 e. The standard InChI is InChI=1S/C55H42/c1-4-17-46(33-39-18-8-5-9-19-39)54-38(3)50(32-37(2)40-20-10-6-11-21-40)55(49-31-30-43(35-53(49)54)41-22-12-7-13-23-41)48-27-16-25-44-34-45-29-28-42-24-14-15-26-47(42)51(45)36-52(44)48/h4-18,20-36H,1,19H2,2-3H3. The summed E-state index contributed by atoms with van der Waals surface area (Å²) < 4.78 is 0. The SMILES string of the molecule is C=CC=C(C=C1C=CC=CC1)c1c(C)c(C=C(C)c2ccccc2)c(-c2cccc3cc4ccc5ccccc5c4cc23)c2ccc(-c3ccccc3)cc12. The van der Waals surface area contributed by atoms with Crippen LogP contribution in [0.2, 0.25) is 0 Å². The average molecular weight is 703 g/mol. The molecule has 8 aromatic rings. The van der Waals surface area contributed by atoms with Gasteiger partial charge in [0, 0.05) is 0 Å². The fourth-order valence-electron chi connectivity index (χ4n) is 8.46. The summed E-state index contributed by atoms with van der Waals surface area (Å²) in [5.41, 5.74) is 13.5. The molecule has 0 heterocycles. The fraction of sp³-hybridized carbons (Fsp3) is 0.0545. The number of hydrogen-bond donors (Lipinski definition) is 0. The van der Waals surface area contributed by atoms with Crippen LogP contribution in [0.15, 0.2) is 200 Å². The van der Waals surface area contributed by atoms with Crippen LogP contribution in [0, 0.1) is 6.92 Å². The molecule has 0 amide bonds. The molecule has 0 heteroatoms. The molecule has 0 saturated carbocycles. The Hall–Kier alpha value is -6.76. The van der Waals surface area contributed by atoms with E-state index in [9.17, 15) is 0 Å². The first-order chi connectivity index (χ1) is 27.1. The minimum absolute atomic E-state index is 0.897. The first-order valence-electron chi connectivity index (χ1n) is 19.2. The van der Waals surface area contributed by atoms with Crippen LogP contribution in [0.25, 0.3) is 82.6 Å². The van der Waals surface area contributed by atoms with Crippen LogP contribution in [0.4, 0.5) is 0 Å². The number of rotatable bonds is 7. The first-order valence-corrected chi connectivity index (χ1v) is 19.2. The predicted molar refractivity (Wildman–Crippen MR) is 241 cm³/mol. The molecule has 1 aliphatic rings. The summed E-state index contributed by atoms with van der Waals surface area (Å²) in [7, 11) is 0. The Bertz CT molecular complexity index is 2940. The van der Waals surface area contributed by atoms with Crippen LogP contribution in [0.3, 0.4) is 0 Å². The van der Waals surface area contributed by atoms with Crippen LogP contribution < -0.4 is 0 Å². The van der Waals surface area contributed by atoms with Crippen molar-refractivity contribution in [3.05, 3.63) is 223 Å². The predicted octanol–water partition coefficient (Wildman–Crippen LogP) is 15.5. The van der Waals surface area contributed by atoms with Gasteiger partial charge in [0.15, 0.2) is 0 Å². The van der Waals surface area contributed by atoms with Gasteiger partial charge in [-0.05, 0) is 143 Å². The van der Waals surface area contributed by atoms with Gasteiger partial charge in [0.25, 0.3) is 0 Å². The summed E-state index contributed by atoms with van der Waals surface area (Å²) in [5.74, 6) is 0. The molecule has 0 aromatic heterocycles. The molecule has 0 nitrogen and oxygen atoms in total. The summed E-state index contributed by atoms with van der Waals surface area (Å²) in [6.45, 7) is 8.76. The minimum atomic E-state index is 0.897. The highest BCUT2D eigenvalue weighted by Gasteiger charge is 2.22. The molecule has 55 heavy (non-hydrogen) atoms. The second-order valence-corrected chi connectivity index (χ2v) is 14.6. The molecule has 0 radical (unpaired) electrons. The third-order valence-corrected chi connectivity index (χ3v) is 11.2. The Morgan fingerprint density at radius 2 is 1.35 bits per heavy atom. The van der Waals surface area contributed by atoms with Crippen molar-refractivity contribution in [2.24, 2.45) is 0 Å². The fourth-order valence-corrected chi connectivity index (χ4v) is 8.46. The number of benzene rings is 8. The molecule has 0 bridgehead atoms. The van der Waals surface area contributed by atoms with Crippen molar-refractivity contribution in [1.82, 2.24) is 0 Å². The van der Waals surface area contributed by atoms with Gasteiger partial charge in [-0.2, -0.15) is 0 Å². The van der Waals surface area contributed by atoms with Gasteiger partial charge < -0.3 is 0 Å². The van der Waals surface area contributed by atoms with Crippen molar-refractivity contribution < 1.29 is 0 Å². The molecule has 1 aliphatic carbocycles. The van der Waals surface area contributed by atoms with Crippen molar-refractivity contribution in [1.29, 1.82) is 0 Å². The van der Waals surface area contributed by atoms with Crippen molar-refractivity contribution in [3.8, 4) is 22.3 Å². The van der Waals surface area contributed by atoms with Gasteiger partial charge in [-0.15, -0.1) is 0 Å². The highest BCUT2D eigenvalue weighted by Crippen LogP contribution is 2.46. The van der Waals surface area contributed by atoms with Crippen LogP contribution >= 0.6 is 0 Å². The molecule has 262 valence electrons. The zero-order chi connectivity index (χ0) is 37.3. The number of fused-ring (bicyclic) bond motifs is 5. The Kier molecular flexibility index (Phi) is 9.02. The van der Waals surface area contributed by atoms with Gasteiger partial charge in [0.2, 0.25) is 0 Å². The van der Waals surface area contributed by atoms with Crippen molar-refractivity contribution in [2.75, 3.05) is 0 Å². The molecule has 8 aromatic carbocycles. The summed E-state index contributed by atoms with van der Waals surface area (Å²) in [5, 5.41) is 10.0. The quantitative estimate of drug-likeness (QED) is 0.0671. The molecule has 9 rings (SSSR count). The van der Waals surface area contributed by atoms with Gasteiger partial charge in [0.05, 0.1) is 0 Å². The average Bonchev–Trinajstić information content (AvgIpc) is 3.24. The molecule has 0 spiro atoms. The lowest BCUT2D eigenvalue weighted by Gasteiger charge is -2.23. The third-order valence-electron chi connectivity index (χ3n) is 11.2. The van der Waals surface area contributed by atoms with Gasteiger partial charge >= 0.3 is 0 Å². The monoisotopic (exact) mass is 702 g/mol. The maximum atomic E-state index is 4.20. The molecule has 0 unspecified atom stereocenters. The van der Waals surface area contributed by atoms with E-state index in [2.05, 4.69) is 209 Å². The molecule has 0 fully saturated rings. The lowest BCUT2D eigenvalue weighted by Crippen LogP contribution is -2.00. The van der Waals surface area contributed by atoms with Crippen molar-refractivity contribution in [3.63, 3.8) is 0 Å². The molecular weight excluding hydrogens is 661 g/mol. The summed E-state index contributed by atoms with van der Waals surface area (Å²) >= 11 is 0. The molecule has 0 atom stereocenters. The van der Waals surface area contributed by atoms with E-state index < -0.39 is 0 Å². The van der Waals surface area contributed by atoms with Crippen molar-refractivity contribution >= 4 is 60.3 Å². The van der Waals surface area contributed by atoms with Crippen LogP contribution in [0.1, 0.15) is 35.6 Å². The largest absolute Gasteiger partial charge is 0.0990 e. The Balaban J connectivity index is 1.43. The highest BCUT2D eigenvalue weighted by molar-refractivity contribution is 6.18. The molecular formula is C55H42. The first kappa shape index (κ1) is 34.0. The van der Waals surface area contributed by atoms with E-state index in [0.29, 0.717) is 0 Å². The van der Waals surface area contributed by atoms with Gasteiger partial charge in [-0.3, -0.25) is 0 Å². The van der Waals surface area contributed by atoms with E-state index in [1.807, 2.05) is 6.08 Å². The van der Waals surface area contributed by atoms with Gasteiger partial charge in [-0.25, -0.2) is 0 Å². The molecule has 0 aliphatic heterocycles. The molecule has 0 saturated heterocycles. The van der Waals surface area contributed by atoms with Crippen molar-refractivity contribution in [2.45, 2.75) is 20.3 Å². The third kappa shape index (κ3) is 6.37. The topological polar surface area (TPSA) is 0 Å². The number of allylic oxidation sites excluding steroid dienone is 10. The second-order valence-electron chi connectivity index (χ2n) is 14.6. The van der Waals surface area contributed by atoms with E-state index in [4.69, 9.17) is 0 Å². The Labute approximate surface area is 324 Å². The summed E-state index contributed by atoms with van der Waals surface area (Å²) in [4.78, 5) is 0. The zero-order valence-corrected chi connectivity index (χ0v) is 31.4. The van der Waals surface area contributed by atoms with E-state index >= 15 is 0 Å². The lowest BCUT2D eigenvalue weighted by molar-refractivity contribution is 1.26. The summed E-state index contributed by atoms with van der Waals surface area (Å²) in [6.07, 6.45) is 18.5. The minimum Gasteiger partial charge on any atom is -0.0990 e. The maximum absolute atomic E-state index is 4.20. The van der Waals surface area contributed by atoms with E-state index in [-0.39, 0.29) is 0 Å². The molecule has 0 N–H and O–H groups in total. The van der Waals surface area contributed by atoms with Gasteiger partial charge in [-0.1, -0.05) is 183 Å².